The lowest BCUT2D eigenvalue weighted by Crippen LogP contribution is -2.38. The van der Waals surface area contributed by atoms with Crippen molar-refractivity contribution in [1.82, 2.24) is 4.90 Å². The third-order valence-corrected chi connectivity index (χ3v) is 2.72. The molecule has 0 aliphatic carbocycles. The van der Waals surface area contributed by atoms with Crippen molar-refractivity contribution in [1.29, 1.82) is 0 Å². The Morgan fingerprint density at radius 1 is 1.18 bits per heavy atom. The van der Waals surface area contributed by atoms with E-state index in [2.05, 4.69) is 18.7 Å². The fraction of sp³-hybridized carbons (Fsp3) is 0.923. The fourth-order valence-corrected chi connectivity index (χ4v) is 1.61. The summed E-state index contributed by atoms with van der Waals surface area (Å²) in [5.41, 5.74) is 5.71. The number of hydrogen-bond donors (Lipinski definition) is 1. The van der Waals surface area contributed by atoms with Gasteiger partial charge in [0.05, 0.1) is 0 Å². The summed E-state index contributed by atoms with van der Waals surface area (Å²) in [6.45, 7) is 11.5. The zero-order valence-corrected chi connectivity index (χ0v) is 11.7. The van der Waals surface area contributed by atoms with Crippen molar-refractivity contribution < 1.29 is 9.53 Å². The molecule has 0 aliphatic heterocycles. The molecule has 0 bridgehead atoms. The molecule has 0 amide bonds. The SMILES string of the molecule is CCCN(CCC)CCOC(=O)[C@@H](N)C(C)C. The van der Waals surface area contributed by atoms with Gasteiger partial charge in [0.1, 0.15) is 12.6 Å². The highest BCUT2D eigenvalue weighted by Crippen LogP contribution is 2.01. The Balaban J connectivity index is 3.83. The summed E-state index contributed by atoms with van der Waals surface area (Å²) in [7, 11) is 0. The van der Waals surface area contributed by atoms with Crippen LogP contribution in [0.4, 0.5) is 0 Å². The van der Waals surface area contributed by atoms with E-state index in [-0.39, 0.29) is 11.9 Å². The minimum absolute atomic E-state index is 0.130. The number of ether oxygens (including phenoxy) is 1. The van der Waals surface area contributed by atoms with Crippen molar-refractivity contribution in [2.75, 3.05) is 26.2 Å². The highest BCUT2D eigenvalue weighted by Gasteiger charge is 2.18. The van der Waals surface area contributed by atoms with Crippen molar-refractivity contribution in [2.45, 2.75) is 46.6 Å². The van der Waals surface area contributed by atoms with Crippen molar-refractivity contribution in [2.24, 2.45) is 11.7 Å². The zero-order chi connectivity index (χ0) is 13.3. The molecule has 0 rings (SSSR count). The molecule has 0 fully saturated rings. The zero-order valence-electron chi connectivity index (χ0n) is 11.7. The number of rotatable bonds is 9. The van der Waals surface area contributed by atoms with Crippen LogP contribution in [0.3, 0.4) is 0 Å². The predicted octanol–water partition coefficient (Wildman–Crippen LogP) is 1.63. The smallest absolute Gasteiger partial charge is 0.323 e. The lowest BCUT2D eigenvalue weighted by atomic mass is 10.1. The Bertz CT molecular complexity index is 202. The molecule has 17 heavy (non-hydrogen) atoms. The van der Waals surface area contributed by atoms with E-state index in [1.807, 2.05) is 13.8 Å². The van der Waals surface area contributed by atoms with Crippen LogP contribution in [0.25, 0.3) is 0 Å². The van der Waals surface area contributed by atoms with Crippen LogP contribution < -0.4 is 5.73 Å². The Hall–Kier alpha value is -0.610. The van der Waals surface area contributed by atoms with Crippen LogP contribution in [-0.2, 0) is 9.53 Å². The quantitative estimate of drug-likeness (QED) is 0.626. The van der Waals surface area contributed by atoms with Crippen molar-refractivity contribution in [3.63, 3.8) is 0 Å². The van der Waals surface area contributed by atoms with Crippen LogP contribution in [0.15, 0.2) is 0 Å². The first-order valence-corrected chi connectivity index (χ1v) is 6.67. The summed E-state index contributed by atoms with van der Waals surface area (Å²) in [4.78, 5) is 13.8. The second kappa shape index (κ2) is 9.42. The average molecular weight is 244 g/mol. The third-order valence-electron chi connectivity index (χ3n) is 2.72. The topological polar surface area (TPSA) is 55.6 Å². The molecule has 0 saturated carbocycles. The summed E-state index contributed by atoms with van der Waals surface area (Å²) in [6, 6.07) is -0.499. The maximum Gasteiger partial charge on any atom is 0.323 e. The largest absolute Gasteiger partial charge is 0.463 e. The standard InChI is InChI=1S/C13H28N2O2/c1-5-7-15(8-6-2)9-10-17-13(16)12(14)11(3)4/h11-12H,5-10,14H2,1-4H3/t12-/m0/s1. The Kier molecular flexibility index (Phi) is 9.09. The monoisotopic (exact) mass is 244 g/mol. The van der Waals surface area contributed by atoms with Gasteiger partial charge in [-0.15, -0.1) is 0 Å². The number of carbonyl (C=O) groups is 1. The van der Waals surface area contributed by atoms with Gasteiger partial charge in [-0.1, -0.05) is 27.7 Å². The van der Waals surface area contributed by atoms with Gasteiger partial charge in [0.25, 0.3) is 0 Å². The average Bonchev–Trinajstić information content (AvgIpc) is 2.28. The van der Waals surface area contributed by atoms with Crippen LogP contribution in [0, 0.1) is 5.92 Å². The molecule has 0 aromatic heterocycles. The van der Waals surface area contributed by atoms with E-state index in [1.54, 1.807) is 0 Å². The molecule has 0 spiro atoms. The molecule has 102 valence electrons. The van der Waals surface area contributed by atoms with Gasteiger partial charge >= 0.3 is 5.97 Å². The maximum atomic E-state index is 11.5. The molecule has 2 N–H and O–H groups in total. The van der Waals surface area contributed by atoms with E-state index in [0.717, 1.165) is 32.5 Å². The predicted molar refractivity (Wildman–Crippen MR) is 70.8 cm³/mol. The number of carbonyl (C=O) groups excluding carboxylic acids is 1. The van der Waals surface area contributed by atoms with Gasteiger partial charge in [-0.25, -0.2) is 0 Å². The van der Waals surface area contributed by atoms with Gasteiger partial charge in [0.2, 0.25) is 0 Å². The second-order valence-electron chi connectivity index (χ2n) is 4.78. The van der Waals surface area contributed by atoms with Crippen LogP contribution in [0.5, 0.6) is 0 Å². The van der Waals surface area contributed by atoms with Gasteiger partial charge in [0, 0.05) is 6.54 Å². The first-order chi connectivity index (χ1) is 8.02. The molecule has 0 radical (unpaired) electrons. The lowest BCUT2D eigenvalue weighted by molar-refractivity contribution is -0.146. The Labute approximate surface area is 105 Å². The van der Waals surface area contributed by atoms with E-state index in [1.165, 1.54) is 0 Å². The second-order valence-corrected chi connectivity index (χ2v) is 4.78. The lowest BCUT2D eigenvalue weighted by Gasteiger charge is -2.21. The molecular formula is C13H28N2O2. The fourth-order valence-electron chi connectivity index (χ4n) is 1.61. The Morgan fingerprint density at radius 2 is 1.71 bits per heavy atom. The van der Waals surface area contributed by atoms with Gasteiger partial charge in [0.15, 0.2) is 0 Å². The number of nitrogens with two attached hydrogens (primary N) is 1. The molecule has 0 aromatic rings. The summed E-state index contributed by atoms with van der Waals surface area (Å²) in [6.07, 6.45) is 2.25. The highest BCUT2D eigenvalue weighted by molar-refractivity contribution is 5.75. The van der Waals surface area contributed by atoms with Crippen molar-refractivity contribution in [3.05, 3.63) is 0 Å². The summed E-state index contributed by atoms with van der Waals surface area (Å²) < 4.78 is 5.18. The summed E-state index contributed by atoms with van der Waals surface area (Å²) in [5, 5.41) is 0. The van der Waals surface area contributed by atoms with E-state index < -0.39 is 6.04 Å². The van der Waals surface area contributed by atoms with Gasteiger partial charge in [-0.3, -0.25) is 9.69 Å². The minimum atomic E-state index is -0.499. The van der Waals surface area contributed by atoms with Crippen molar-refractivity contribution in [3.8, 4) is 0 Å². The number of nitrogens with zero attached hydrogens (tertiary/aromatic N) is 1. The third kappa shape index (κ3) is 7.34. The molecule has 0 aliphatic rings. The molecule has 1 atom stereocenters. The molecule has 0 aromatic carbocycles. The van der Waals surface area contributed by atoms with Crippen LogP contribution in [-0.4, -0.2) is 43.2 Å². The molecule has 4 heteroatoms. The van der Waals surface area contributed by atoms with Gasteiger partial charge < -0.3 is 10.5 Å². The van der Waals surface area contributed by atoms with Crippen LogP contribution >= 0.6 is 0 Å². The van der Waals surface area contributed by atoms with E-state index in [4.69, 9.17) is 10.5 Å². The number of esters is 1. The van der Waals surface area contributed by atoms with Crippen LogP contribution in [0.1, 0.15) is 40.5 Å². The normalized spacial score (nSPS) is 13.1. The molecule has 0 heterocycles. The highest BCUT2D eigenvalue weighted by atomic mass is 16.5. The van der Waals surface area contributed by atoms with Gasteiger partial charge in [-0.05, 0) is 31.8 Å². The van der Waals surface area contributed by atoms with Gasteiger partial charge in [-0.2, -0.15) is 0 Å². The first-order valence-electron chi connectivity index (χ1n) is 6.67. The van der Waals surface area contributed by atoms with E-state index >= 15 is 0 Å². The summed E-state index contributed by atoms with van der Waals surface area (Å²) >= 11 is 0. The Morgan fingerprint density at radius 3 is 2.12 bits per heavy atom. The maximum absolute atomic E-state index is 11.5. The van der Waals surface area contributed by atoms with E-state index in [9.17, 15) is 4.79 Å². The minimum Gasteiger partial charge on any atom is -0.463 e. The molecule has 0 saturated heterocycles. The molecular weight excluding hydrogens is 216 g/mol. The molecule has 4 nitrogen and oxygen atoms in total. The van der Waals surface area contributed by atoms with E-state index in [0.29, 0.717) is 6.61 Å². The molecule has 0 unspecified atom stereocenters. The first kappa shape index (κ1) is 16.4. The number of hydrogen-bond acceptors (Lipinski definition) is 4. The van der Waals surface area contributed by atoms with Crippen LogP contribution in [0.2, 0.25) is 0 Å². The summed E-state index contributed by atoms with van der Waals surface area (Å²) in [5.74, 6) is -0.155. The van der Waals surface area contributed by atoms with Crippen molar-refractivity contribution >= 4 is 5.97 Å².